The Balaban J connectivity index is 1.41. The summed E-state index contributed by atoms with van der Waals surface area (Å²) in [6.07, 6.45) is 1.36. The molecule has 1 spiro atoms. The molecule has 0 aromatic heterocycles. The van der Waals surface area contributed by atoms with Crippen LogP contribution in [0.15, 0.2) is 30.3 Å². The Morgan fingerprint density at radius 1 is 1.10 bits per heavy atom. The zero-order chi connectivity index (χ0) is 27.3. The summed E-state index contributed by atoms with van der Waals surface area (Å²) in [5.41, 5.74) is -1.28. The Labute approximate surface area is 230 Å². The van der Waals surface area contributed by atoms with E-state index in [1.54, 1.807) is 33.5 Å². The summed E-state index contributed by atoms with van der Waals surface area (Å²) in [7, 11) is 5.24. The molecule has 1 aromatic carbocycles. The van der Waals surface area contributed by atoms with Crippen LogP contribution in [0.1, 0.15) is 43.0 Å². The summed E-state index contributed by atoms with van der Waals surface area (Å²) >= 11 is 0. The molecule has 1 aromatic rings. The maximum atomic E-state index is 13.4. The van der Waals surface area contributed by atoms with Gasteiger partial charge in [-0.2, -0.15) is 0 Å². The molecule has 8 nitrogen and oxygen atoms in total. The lowest BCUT2D eigenvalue weighted by atomic mass is 9.43. The Morgan fingerprint density at radius 2 is 1.87 bits per heavy atom. The predicted octanol–water partition coefficient (Wildman–Crippen LogP) is 2.37. The van der Waals surface area contributed by atoms with Crippen molar-refractivity contribution in [2.45, 2.75) is 68.7 Å². The minimum atomic E-state index is -1.15. The number of piperidine rings is 1. The number of rotatable bonds is 7. The van der Waals surface area contributed by atoms with Crippen LogP contribution in [0.4, 0.5) is 0 Å². The number of esters is 1. The number of fused-ring (bicyclic) bond motifs is 2. The van der Waals surface area contributed by atoms with E-state index < -0.39 is 23.2 Å². The minimum absolute atomic E-state index is 0.0104. The summed E-state index contributed by atoms with van der Waals surface area (Å²) in [6.45, 7) is 4.51. The van der Waals surface area contributed by atoms with Gasteiger partial charge < -0.3 is 29.2 Å². The molecule has 214 valence electrons. The van der Waals surface area contributed by atoms with Gasteiger partial charge in [0.05, 0.1) is 36.1 Å². The van der Waals surface area contributed by atoms with Crippen LogP contribution in [-0.2, 0) is 18.9 Å². The molecule has 0 radical (unpaired) electrons. The van der Waals surface area contributed by atoms with E-state index in [0.717, 1.165) is 25.9 Å². The first-order valence-corrected chi connectivity index (χ1v) is 14.8. The van der Waals surface area contributed by atoms with Gasteiger partial charge in [-0.3, -0.25) is 4.90 Å². The predicted molar refractivity (Wildman–Crippen MR) is 142 cm³/mol. The summed E-state index contributed by atoms with van der Waals surface area (Å²) < 4.78 is 24.8. The van der Waals surface area contributed by atoms with Crippen LogP contribution in [0.2, 0.25) is 0 Å². The van der Waals surface area contributed by atoms with Gasteiger partial charge in [0.15, 0.2) is 0 Å². The highest BCUT2D eigenvalue weighted by molar-refractivity contribution is 5.89. The Morgan fingerprint density at radius 3 is 2.54 bits per heavy atom. The lowest BCUT2D eigenvalue weighted by Gasteiger charge is -2.68. The molecule has 7 unspecified atom stereocenters. The molecule has 39 heavy (non-hydrogen) atoms. The van der Waals surface area contributed by atoms with E-state index in [-0.39, 0.29) is 59.2 Å². The second-order valence-electron chi connectivity index (χ2n) is 13.3. The van der Waals surface area contributed by atoms with E-state index >= 15 is 0 Å². The monoisotopic (exact) mass is 541 g/mol. The highest BCUT2D eigenvalue weighted by Crippen LogP contribution is 2.79. The molecule has 5 saturated carbocycles. The first-order chi connectivity index (χ1) is 18.8. The molecule has 8 heteroatoms. The third-order valence-electron chi connectivity index (χ3n) is 12.3. The molecule has 0 amide bonds. The summed E-state index contributed by atoms with van der Waals surface area (Å²) in [6, 6.07) is 9.09. The molecule has 7 rings (SSSR count). The van der Waals surface area contributed by atoms with Crippen molar-refractivity contribution in [3.8, 4) is 0 Å². The normalized spacial score (nSPS) is 51.1. The fourth-order valence-electron chi connectivity index (χ4n) is 11.6. The van der Waals surface area contributed by atoms with Crippen LogP contribution >= 0.6 is 0 Å². The van der Waals surface area contributed by atoms with Crippen molar-refractivity contribution in [2.24, 2.45) is 40.4 Å². The number of aliphatic hydroxyl groups is 2. The van der Waals surface area contributed by atoms with E-state index in [1.165, 1.54) is 0 Å². The second kappa shape index (κ2) is 8.97. The molecule has 1 heterocycles. The highest BCUT2D eigenvalue weighted by atomic mass is 16.6. The van der Waals surface area contributed by atoms with E-state index in [9.17, 15) is 15.0 Å². The van der Waals surface area contributed by atoms with Gasteiger partial charge in [0.1, 0.15) is 6.10 Å². The van der Waals surface area contributed by atoms with Crippen molar-refractivity contribution in [3.05, 3.63) is 35.9 Å². The van der Waals surface area contributed by atoms with Crippen LogP contribution in [0.25, 0.3) is 0 Å². The van der Waals surface area contributed by atoms with Gasteiger partial charge in [-0.1, -0.05) is 25.1 Å². The molecule has 1 aliphatic heterocycles. The van der Waals surface area contributed by atoms with Crippen molar-refractivity contribution in [1.82, 2.24) is 4.90 Å². The van der Waals surface area contributed by atoms with Crippen LogP contribution in [-0.4, -0.2) is 98.2 Å². The molecule has 13 atom stereocenters. The fourth-order valence-corrected chi connectivity index (χ4v) is 11.6. The maximum Gasteiger partial charge on any atom is 0.338 e. The number of aliphatic hydroxyl groups excluding tert-OH is 1. The molecule has 7 bridgehead atoms. The van der Waals surface area contributed by atoms with E-state index in [1.807, 2.05) is 18.2 Å². The van der Waals surface area contributed by atoms with E-state index in [2.05, 4.69) is 11.8 Å². The zero-order valence-corrected chi connectivity index (χ0v) is 23.5. The number of hydrogen-bond acceptors (Lipinski definition) is 8. The summed E-state index contributed by atoms with van der Waals surface area (Å²) in [5, 5.41) is 25.2. The van der Waals surface area contributed by atoms with Crippen LogP contribution < -0.4 is 0 Å². The number of hydrogen-bond donors (Lipinski definition) is 2. The van der Waals surface area contributed by atoms with Crippen molar-refractivity contribution in [3.63, 3.8) is 0 Å². The molecule has 6 aliphatic rings. The van der Waals surface area contributed by atoms with E-state index in [0.29, 0.717) is 25.0 Å². The van der Waals surface area contributed by atoms with Crippen LogP contribution in [0, 0.1) is 40.4 Å². The van der Waals surface area contributed by atoms with Gasteiger partial charge in [-0.25, -0.2) is 4.79 Å². The smallest absolute Gasteiger partial charge is 0.338 e. The first kappa shape index (κ1) is 26.4. The molecule has 2 N–H and O–H groups in total. The van der Waals surface area contributed by atoms with Crippen LogP contribution in [0.3, 0.4) is 0 Å². The second-order valence-corrected chi connectivity index (χ2v) is 13.3. The van der Waals surface area contributed by atoms with Crippen molar-refractivity contribution >= 4 is 5.97 Å². The fraction of sp³-hybridized carbons (Fsp3) is 0.774. The summed E-state index contributed by atoms with van der Waals surface area (Å²) in [4.78, 5) is 15.9. The minimum Gasteiger partial charge on any atom is -0.458 e. The van der Waals surface area contributed by atoms with Crippen LogP contribution in [0.5, 0.6) is 0 Å². The number of nitrogens with zero attached hydrogens (tertiary/aromatic N) is 1. The van der Waals surface area contributed by atoms with Gasteiger partial charge in [-0.15, -0.1) is 0 Å². The van der Waals surface area contributed by atoms with Gasteiger partial charge in [0.25, 0.3) is 0 Å². The number of benzene rings is 1. The SMILES string of the molecule is CCN1C[C@]2(COC)CCC(O)C34C1C(C(OC)[C@@H]32)[C@@]1(O)CC(OC)[C@@H]2C[C@H]4[C@@H]1C2OC(=O)c1ccccc1. The van der Waals surface area contributed by atoms with Gasteiger partial charge in [0.2, 0.25) is 0 Å². The lowest BCUT2D eigenvalue weighted by molar-refractivity contribution is -0.272. The summed E-state index contributed by atoms with van der Waals surface area (Å²) in [5.74, 6) is -0.869. The third kappa shape index (κ3) is 3.08. The maximum absolute atomic E-state index is 13.4. The number of likely N-dealkylation sites (tertiary alicyclic amines) is 1. The van der Waals surface area contributed by atoms with E-state index in [4.69, 9.17) is 18.9 Å². The molecule has 1 saturated heterocycles. The Hall–Kier alpha value is -1.55. The molecular formula is C31H43NO7. The highest BCUT2D eigenvalue weighted by Gasteiger charge is 2.86. The molecule has 6 fully saturated rings. The number of ether oxygens (including phenoxy) is 4. The van der Waals surface area contributed by atoms with Crippen molar-refractivity contribution in [2.75, 3.05) is 41.0 Å². The molecule has 5 aliphatic carbocycles. The Bertz CT molecular complexity index is 1120. The average Bonchev–Trinajstić information content (AvgIpc) is 3.38. The topological polar surface area (TPSA) is 97.7 Å². The van der Waals surface area contributed by atoms with Gasteiger partial charge in [0, 0.05) is 74.8 Å². The average molecular weight is 542 g/mol. The molecular weight excluding hydrogens is 498 g/mol. The van der Waals surface area contributed by atoms with Crippen molar-refractivity contribution in [1.29, 1.82) is 0 Å². The number of carbonyl (C=O) groups is 1. The van der Waals surface area contributed by atoms with Crippen molar-refractivity contribution < 1.29 is 34.0 Å². The van der Waals surface area contributed by atoms with Gasteiger partial charge >= 0.3 is 5.97 Å². The lowest BCUT2D eigenvalue weighted by Crippen LogP contribution is -2.76. The van der Waals surface area contributed by atoms with Gasteiger partial charge in [-0.05, 0) is 43.9 Å². The first-order valence-electron chi connectivity index (χ1n) is 14.8. The zero-order valence-electron chi connectivity index (χ0n) is 23.5. The quantitative estimate of drug-likeness (QED) is 0.508. The Kier molecular flexibility index (Phi) is 6.06. The number of methoxy groups -OCH3 is 3. The third-order valence-corrected chi connectivity index (χ3v) is 12.3. The number of carbonyl (C=O) groups excluding carboxylic acids is 1. The standard InChI is InChI=1S/C31H43NO7/c1-5-32-15-29(16-36-2)12-11-21(33)31-19-13-18-20(37-3)14-30(35,23(27(31)32)25(38-4)26(29)31)22(19)24(18)39-28(34)17-9-7-6-8-10-17/h6-10,18-27,33,35H,5,11-16H2,1-4H3/t18-,19-,20?,21?,22+,23?,24?,25?,26+,27?,29-,30+,31?/m0/s1. The largest absolute Gasteiger partial charge is 0.458 e.